The summed E-state index contributed by atoms with van der Waals surface area (Å²) in [4.78, 5) is 9.39. The van der Waals surface area contributed by atoms with Crippen LogP contribution in [-0.4, -0.2) is 56.8 Å². The number of nitrogens with zero attached hydrogens (tertiary/aromatic N) is 4. The summed E-state index contributed by atoms with van der Waals surface area (Å²) in [5, 5.41) is 0. The molecule has 3 atom stereocenters. The molecule has 0 aliphatic carbocycles. The fourth-order valence-corrected chi connectivity index (χ4v) is 7.94. The molecule has 0 spiro atoms. The van der Waals surface area contributed by atoms with E-state index in [1.54, 1.807) is 18.2 Å². The van der Waals surface area contributed by atoms with Crippen molar-refractivity contribution in [3.05, 3.63) is 101 Å². The van der Waals surface area contributed by atoms with E-state index in [1.807, 2.05) is 4.90 Å². The van der Waals surface area contributed by atoms with E-state index in [2.05, 4.69) is 9.97 Å². The maximum Gasteiger partial charge on any atom is 0.391 e. The van der Waals surface area contributed by atoms with E-state index in [0.29, 0.717) is 34.6 Å². The molecule has 0 amide bonds. The molecule has 1 saturated heterocycles. The Bertz CT molecular complexity index is 1900. The second kappa shape index (κ2) is 13.8. The normalized spacial score (nSPS) is 19.9. The van der Waals surface area contributed by atoms with Gasteiger partial charge in [0.25, 0.3) is 10.0 Å². The highest BCUT2D eigenvalue weighted by Crippen LogP contribution is 2.49. The summed E-state index contributed by atoms with van der Waals surface area (Å²) in [7, 11) is -1.80. The summed E-state index contributed by atoms with van der Waals surface area (Å²) in [6.45, 7) is -0.194. The van der Waals surface area contributed by atoms with Crippen LogP contribution in [0.25, 0.3) is 0 Å². The smallest absolute Gasteiger partial charge is 0.391 e. The third-order valence-electron chi connectivity index (χ3n) is 8.99. The van der Waals surface area contributed by atoms with Crippen molar-refractivity contribution in [1.29, 1.82) is 0 Å². The van der Waals surface area contributed by atoms with Gasteiger partial charge in [0.15, 0.2) is 0 Å². The molecule has 9 nitrogen and oxygen atoms in total. The second-order valence-electron chi connectivity index (χ2n) is 11.8. The Hall–Kier alpha value is -4.50. The van der Waals surface area contributed by atoms with Crippen molar-refractivity contribution < 1.29 is 44.6 Å². The maximum atomic E-state index is 16.2. The Balaban J connectivity index is 1.38. The number of halogens is 5. The zero-order valence-electron chi connectivity index (χ0n) is 26.5. The highest BCUT2D eigenvalue weighted by Gasteiger charge is 2.47. The number of fused-ring (bicyclic) bond motifs is 1. The van der Waals surface area contributed by atoms with Crippen LogP contribution >= 0.6 is 0 Å². The molecule has 1 unspecified atom stereocenters. The second-order valence-corrected chi connectivity index (χ2v) is 13.6. The van der Waals surface area contributed by atoms with Gasteiger partial charge < -0.3 is 14.2 Å². The molecular weight excluding hydrogens is 671 g/mol. The van der Waals surface area contributed by atoms with Gasteiger partial charge in [0.1, 0.15) is 33.8 Å². The van der Waals surface area contributed by atoms with Gasteiger partial charge in [0, 0.05) is 54.2 Å². The summed E-state index contributed by atoms with van der Waals surface area (Å²) in [6.07, 6.45) is -1.84. The number of anilines is 1. The van der Waals surface area contributed by atoms with Crippen LogP contribution in [0.5, 0.6) is 17.2 Å². The Kier molecular flexibility index (Phi) is 9.67. The van der Waals surface area contributed by atoms with E-state index in [0.717, 1.165) is 16.4 Å². The topological polar surface area (TPSA) is 94.1 Å². The van der Waals surface area contributed by atoms with Crippen LogP contribution in [0, 0.1) is 17.6 Å². The minimum atomic E-state index is -4.69. The molecule has 0 N–H and O–H groups in total. The Labute approximate surface area is 280 Å². The highest BCUT2D eigenvalue weighted by atomic mass is 32.2. The molecule has 0 bridgehead atoms. The molecule has 1 fully saturated rings. The van der Waals surface area contributed by atoms with Crippen molar-refractivity contribution in [2.75, 3.05) is 31.7 Å². The molecule has 6 rings (SSSR count). The fourth-order valence-electron chi connectivity index (χ4n) is 6.52. The standard InChI is InChI=1S/C34H33F5N4O5S/c1-46-25-9-6-22(30(17-25)47-2)20-43(33-40-12-3-13-41-33)49(44,45)32-19-31-26(18-27(32)36)28(11-15-48-31)42-14-10-23(34(37,38)39)16-29(42)21-4-7-24(35)8-5-21/h3-9,12-13,17-19,23,28-29H,10-11,14-16,20H2,1-2H3/t23?,28-,29-/m0/s1. The zero-order chi connectivity index (χ0) is 34.9. The highest BCUT2D eigenvalue weighted by molar-refractivity contribution is 7.92. The lowest BCUT2D eigenvalue weighted by molar-refractivity contribution is -0.192. The number of hydrogen-bond donors (Lipinski definition) is 0. The molecular formula is C34H33F5N4O5S. The number of sulfonamides is 1. The predicted molar refractivity (Wildman–Crippen MR) is 169 cm³/mol. The summed E-state index contributed by atoms with van der Waals surface area (Å²) < 4.78 is 118. The van der Waals surface area contributed by atoms with Crippen LogP contribution in [0.4, 0.5) is 27.9 Å². The van der Waals surface area contributed by atoms with Crippen molar-refractivity contribution in [3.8, 4) is 17.2 Å². The number of ether oxygens (including phenoxy) is 3. The SMILES string of the molecule is COc1ccc(CN(c2ncccn2)S(=O)(=O)c2cc3c(cc2F)[C@@H](N2CCC(C(F)(F)F)C[C@H]2c2ccc(F)cc2)CCO3)c(OC)c1. The first kappa shape index (κ1) is 34.4. The van der Waals surface area contributed by atoms with Gasteiger partial charge in [0.2, 0.25) is 5.95 Å². The van der Waals surface area contributed by atoms with Crippen LogP contribution in [0.15, 0.2) is 78.0 Å². The summed E-state index contributed by atoms with van der Waals surface area (Å²) in [6, 6.07) is 12.4. The van der Waals surface area contributed by atoms with Gasteiger partial charge in [-0.2, -0.15) is 13.2 Å². The van der Waals surface area contributed by atoms with Crippen molar-refractivity contribution in [2.45, 2.75) is 49.0 Å². The summed E-state index contributed by atoms with van der Waals surface area (Å²) in [5.41, 5.74) is 1.22. The first-order valence-corrected chi connectivity index (χ1v) is 16.9. The van der Waals surface area contributed by atoms with Crippen LogP contribution in [0.1, 0.15) is 48.0 Å². The minimum Gasteiger partial charge on any atom is -0.497 e. The molecule has 2 aliphatic rings. The predicted octanol–water partition coefficient (Wildman–Crippen LogP) is 7.01. The summed E-state index contributed by atoms with van der Waals surface area (Å²) >= 11 is 0. The lowest BCUT2D eigenvalue weighted by atomic mass is 9.84. The molecule has 3 aromatic carbocycles. The molecule has 1 aromatic heterocycles. The minimum absolute atomic E-state index is 0.0286. The largest absolute Gasteiger partial charge is 0.497 e. The monoisotopic (exact) mass is 704 g/mol. The van der Waals surface area contributed by atoms with Gasteiger partial charge in [-0.15, -0.1) is 0 Å². The first-order valence-electron chi connectivity index (χ1n) is 15.5. The number of hydrogen-bond acceptors (Lipinski definition) is 8. The summed E-state index contributed by atoms with van der Waals surface area (Å²) in [5.74, 6) is -2.52. The third kappa shape index (κ3) is 6.99. The molecule has 2 aliphatic heterocycles. The van der Waals surface area contributed by atoms with Gasteiger partial charge in [0.05, 0.1) is 33.3 Å². The van der Waals surface area contributed by atoms with Gasteiger partial charge in [-0.3, -0.25) is 4.90 Å². The number of likely N-dealkylation sites (tertiary alicyclic amines) is 1. The van der Waals surface area contributed by atoms with E-state index in [1.165, 1.54) is 56.9 Å². The average Bonchev–Trinajstić information content (AvgIpc) is 3.10. The van der Waals surface area contributed by atoms with E-state index in [-0.39, 0.29) is 44.2 Å². The molecule has 0 saturated carbocycles. The third-order valence-corrected chi connectivity index (χ3v) is 10.7. The lowest BCUT2D eigenvalue weighted by Crippen LogP contribution is -2.44. The first-order chi connectivity index (χ1) is 23.4. The van der Waals surface area contributed by atoms with Gasteiger partial charge in [-0.25, -0.2) is 31.5 Å². The number of benzene rings is 3. The van der Waals surface area contributed by atoms with Crippen molar-refractivity contribution in [1.82, 2.24) is 14.9 Å². The number of methoxy groups -OCH3 is 2. The van der Waals surface area contributed by atoms with E-state index >= 15 is 4.39 Å². The van der Waals surface area contributed by atoms with Crippen LogP contribution < -0.4 is 18.5 Å². The average molecular weight is 705 g/mol. The van der Waals surface area contributed by atoms with Gasteiger partial charge in [-0.1, -0.05) is 12.1 Å². The van der Waals surface area contributed by atoms with Crippen molar-refractivity contribution >= 4 is 16.0 Å². The maximum absolute atomic E-state index is 16.2. The van der Waals surface area contributed by atoms with Gasteiger partial charge in [-0.05, 0) is 61.3 Å². The van der Waals surface area contributed by atoms with Crippen LogP contribution in [0.2, 0.25) is 0 Å². The van der Waals surface area contributed by atoms with E-state index in [4.69, 9.17) is 14.2 Å². The fraction of sp³-hybridized carbons (Fsp3) is 0.353. The Morgan fingerprint density at radius 3 is 2.37 bits per heavy atom. The molecule has 15 heteroatoms. The zero-order valence-corrected chi connectivity index (χ0v) is 27.3. The van der Waals surface area contributed by atoms with Crippen molar-refractivity contribution in [2.24, 2.45) is 5.92 Å². The number of piperidine rings is 1. The molecule has 0 radical (unpaired) electrons. The van der Waals surface area contributed by atoms with Crippen molar-refractivity contribution in [3.63, 3.8) is 0 Å². The van der Waals surface area contributed by atoms with Gasteiger partial charge >= 0.3 is 6.18 Å². The number of alkyl halides is 3. The number of rotatable bonds is 9. The van der Waals surface area contributed by atoms with Crippen LogP contribution in [0.3, 0.4) is 0 Å². The quantitative estimate of drug-likeness (QED) is 0.172. The Morgan fingerprint density at radius 2 is 1.69 bits per heavy atom. The molecule has 4 aromatic rings. The molecule has 260 valence electrons. The molecule has 49 heavy (non-hydrogen) atoms. The van der Waals surface area contributed by atoms with E-state index in [9.17, 15) is 26.0 Å². The van der Waals surface area contributed by atoms with E-state index < -0.39 is 50.7 Å². The van der Waals surface area contributed by atoms with Crippen LogP contribution in [-0.2, 0) is 16.6 Å². The Morgan fingerprint density at radius 1 is 0.959 bits per heavy atom. The number of aromatic nitrogens is 2. The lowest BCUT2D eigenvalue weighted by Gasteiger charge is -2.46. The molecule has 3 heterocycles.